The molecule has 0 aliphatic carbocycles. The molecule has 4 rings (SSSR count). The molecule has 0 saturated heterocycles. The van der Waals surface area contributed by atoms with E-state index in [4.69, 9.17) is 74.6 Å². The number of imide groups is 1. The summed E-state index contributed by atoms with van der Waals surface area (Å²) in [4.78, 5) is 121. The third-order valence-corrected chi connectivity index (χ3v) is 13.3. The standard InChI is InChI=1S/C9H6BrNO2.C9H12NO4P.C8H7ClO.C5H14NO3P.C5H13O2P.C3H8NO4P.2CH6NO3P.BrH.H4N2/c10-5-11-8(12)6-3-1-2-4-7(6)9(11)13;11-9(6-10-7-15(12,13)14)8-4-2-1-3-5-8;9-6-8(10)7-4-2-1-3-5-7;1-3-8-10(7,5-6)9-4-2;1-4-6-8(3)7-5-2;1-3(5)4-2-9(6,7)8;2*2-1-6(3,4)5;;1-2/h1-4H,5H2;1-5,10H,6-7H2,(H2,12,13,14);1-5H,6H2;3-6H2,1-2H3;4-5H2,1-3H3;2H2,1H3,(H,4,5)(H2,6,7,8);2*1-2H2,(H2,3,4,5);1H;1-2H2. The number of Topliss-reactive ketones (excluding diaryl/α,β-unsaturated/α-hetero) is 2. The first-order valence-corrected chi connectivity index (χ1v) is 34.5. The number of hydrogen-bond acceptors (Lipinski definition) is 20. The molecular weight excluding hydrogens is 1340 g/mol. The highest BCUT2D eigenvalue weighted by Gasteiger charge is 2.34. The fourth-order valence-corrected chi connectivity index (χ4v) is 7.56. The molecule has 1 aliphatic rings. The summed E-state index contributed by atoms with van der Waals surface area (Å²) in [6.45, 7) is 12.8. The van der Waals surface area contributed by atoms with E-state index < -0.39 is 77.4 Å². The largest absolute Gasteiger partial charge is 0.345 e. The van der Waals surface area contributed by atoms with Crippen molar-refractivity contribution < 1.29 is 104 Å². The smallest absolute Gasteiger partial charge is 0.344 e. The number of hydrogen-bond donors (Lipinski definition) is 15. The van der Waals surface area contributed by atoms with E-state index in [2.05, 4.69) is 44.4 Å². The van der Waals surface area contributed by atoms with Crippen LogP contribution in [0.1, 0.15) is 76.1 Å². The Hall–Kier alpha value is -2.28. The molecule has 0 spiro atoms. The topological polar surface area (TPSA) is 527 Å². The first kappa shape index (κ1) is 88.9. The van der Waals surface area contributed by atoms with Gasteiger partial charge in [-0.15, -0.1) is 28.6 Å². The predicted octanol–water partition coefficient (Wildman–Crippen LogP) is 4.32. The van der Waals surface area contributed by atoms with Crippen LogP contribution in [0.15, 0.2) is 84.9 Å². The minimum absolute atomic E-state index is 0. The van der Waals surface area contributed by atoms with Gasteiger partial charge < -0.3 is 79.8 Å². The third-order valence-electron chi connectivity index (χ3n) is 7.42. The maximum Gasteiger partial charge on any atom is 0.344 e. The number of halogens is 3. The molecule has 1 aliphatic heterocycles. The maximum atomic E-state index is 11.5. The number of amides is 3. The van der Waals surface area contributed by atoms with Gasteiger partial charge in [0.05, 0.1) is 80.6 Å². The molecule has 39 heteroatoms. The van der Waals surface area contributed by atoms with Gasteiger partial charge in [-0.1, -0.05) is 88.7 Å². The van der Waals surface area contributed by atoms with Gasteiger partial charge in [0.25, 0.3) is 11.8 Å². The number of nitrogens with zero attached hydrogens (tertiary/aromatic N) is 1. The molecule has 0 radical (unpaired) electrons. The Morgan fingerprint density at radius 3 is 1.19 bits per heavy atom. The summed E-state index contributed by atoms with van der Waals surface area (Å²) in [5.41, 5.74) is 16.7. The first-order chi connectivity index (χ1) is 36.6. The Bertz CT molecular complexity index is 2330. The van der Waals surface area contributed by atoms with E-state index >= 15 is 0 Å². The summed E-state index contributed by atoms with van der Waals surface area (Å²) in [6.07, 6.45) is -2.23. The fraction of sp³-hybridized carbons (Fsp3) is 0.439. The normalized spacial score (nSPS) is 11.3. The zero-order valence-electron chi connectivity index (χ0n) is 44.5. The summed E-state index contributed by atoms with van der Waals surface area (Å²) in [5, 5.41) is 4.39. The number of ketones is 2. The minimum atomic E-state index is -4.08. The second-order valence-electron chi connectivity index (χ2n) is 13.8. The van der Waals surface area contributed by atoms with Crippen molar-refractivity contribution >= 4 is 120 Å². The van der Waals surface area contributed by atoms with Crippen LogP contribution in [-0.2, 0) is 45.7 Å². The zero-order chi connectivity index (χ0) is 62.5. The van der Waals surface area contributed by atoms with E-state index in [0.717, 1.165) is 13.2 Å². The number of nitrogens with one attached hydrogen (secondary N) is 2. The van der Waals surface area contributed by atoms with Crippen molar-refractivity contribution in [1.29, 1.82) is 0 Å². The number of nitrogens with two attached hydrogens (primary N) is 5. The molecule has 0 aromatic heterocycles. The van der Waals surface area contributed by atoms with E-state index in [1.54, 1.807) is 80.6 Å². The van der Waals surface area contributed by atoms with Gasteiger partial charge in [-0.2, -0.15) is 0 Å². The van der Waals surface area contributed by atoms with Crippen LogP contribution in [0.3, 0.4) is 0 Å². The lowest BCUT2D eigenvalue weighted by atomic mass is 10.1. The van der Waals surface area contributed by atoms with Crippen LogP contribution in [0.2, 0.25) is 0 Å². The summed E-state index contributed by atoms with van der Waals surface area (Å²) < 4.78 is 70.7. The number of benzene rings is 3. The van der Waals surface area contributed by atoms with Crippen LogP contribution in [0.5, 0.6) is 0 Å². The first-order valence-electron chi connectivity index (χ1n) is 22.3. The molecule has 3 amide bonds. The Morgan fingerprint density at radius 2 is 0.938 bits per heavy atom. The van der Waals surface area contributed by atoms with E-state index in [1.165, 1.54) is 11.8 Å². The Balaban J connectivity index is -0.000000198. The lowest BCUT2D eigenvalue weighted by molar-refractivity contribution is -0.118. The lowest BCUT2D eigenvalue weighted by Crippen LogP contribution is -2.27. The number of rotatable bonds is 21. The Kier molecular flexibility index (Phi) is 56.9. The second-order valence-corrected chi connectivity index (χ2v) is 24.8. The quantitative estimate of drug-likeness (QED) is 0.0134. The molecule has 3 aromatic carbocycles. The highest BCUT2D eigenvalue weighted by Crippen LogP contribution is 2.45. The van der Waals surface area contributed by atoms with Crippen molar-refractivity contribution in [3.8, 4) is 0 Å². The van der Waals surface area contributed by atoms with E-state index in [0.29, 0.717) is 35.5 Å². The highest BCUT2D eigenvalue weighted by atomic mass is 79.9. The van der Waals surface area contributed by atoms with Gasteiger partial charge in [-0.25, -0.2) is 0 Å². The number of alkyl halides is 2. The van der Waals surface area contributed by atoms with Gasteiger partial charge in [0.2, 0.25) is 5.91 Å². The van der Waals surface area contributed by atoms with Crippen molar-refractivity contribution in [2.75, 3.05) is 82.4 Å². The molecule has 0 fully saturated rings. The van der Waals surface area contributed by atoms with Gasteiger partial charge >= 0.3 is 38.0 Å². The van der Waals surface area contributed by atoms with E-state index in [9.17, 15) is 46.8 Å². The fourth-order valence-electron chi connectivity index (χ4n) is 4.24. The lowest BCUT2D eigenvalue weighted by Gasteiger charge is -2.13. The second kappa shape index (κ2) is 51.2. The molecule has 20 N–H and O–H groups in total. The van der Waals surface area contributed by atoms with Crippen LogP contribution in [0, 0.1) is 0 Å². The van der Waals surface area contributed by atoms with E-state index in [-0.39, 0.29) is 64.5 Å². The predicted molar refractivity (Wildman–Crippen MR) is 316 cm³/mol. The minimum Gasteiger partial charge on any atom is -0.345 e. The van der Waals surface area contributed by atoms with Crippen LogP contribution in [0.4, 0.5) is 0 Å². The zero-order valence-corrected chi connectivity index (χ0v) is 54.0. The maximum absolute atomic E-state index is 11.5. The Morgan fingerprint density at radius 1 is 0.600 bits per heavy atom. The molecule has 80 heavy (non-hydrogen) atoms. The number of hydrazine groups is 1. The molecule has 0 unspecified atom stereocenters. The van der Waals surface area contributed by atoms with Gasteiger partial charge in [-0.3, -0.25) is 68.7 Å². The van der Waals surface area contributed by atoms with Crippen LogP contribution in [0.25, 0.3) is 0 Å². The SMILES string of the molecule is Br.CC(=O)NCP(=O)(O)O.CCOP(=O)(CN)OCC.CCOP(C)OCC.NCP(=O)(O)O.NCP(=O)(O)O.NN.O=C(CCl)c1ccccc1.O=C(CNCP(=O)(O)O)c1ccccc1.O=C1c2ccccc2C(=O)N1CBr. The van der Waals surface area contributed by atoms with Gasteiger partial charge in [0.1, 0.15) is 6.29 Å². The number of carbonyl (C=O) groups is 5. The van der Waals surface area contributed by atoms with Crippen molar-refractivity contribution in [2.45, 2.75) is 34.6 Å². The monoisotopic (exact) mass is 1410 g/mol. The number of fused-ring (bicyclic) bond motifs is 1. The van der Waals surface area contributed by atoms with Crippen molar-refractivity contribution in [3.63, 3.8) is 0 Å². The molecule has 0 bridgehead atoms. The van der Waals surface area contributed by atoms with Gasteiger partial charge in [0, 0.05) is 24.7 Å². The van der Waals surface area contributed by atoms with Gasteiger partial charge in [0.15, 0.2) is 19.9 Å². The van der Waals surface area contributed by atoms with Crippen molar-refractivity contribution in [2.24, 2.45) is 28.9 Å². The summed E-state index contributed by atoms with van der Waals surface area (Å²) >= 11 is 8.44. The van der Waals surface area contributed by atoms with Crippen molar-refractivity contribution in [3.05, 3.63) is 107 Å². The van der Waals surface area contributed by atoms with E-state index in [1.807, 2.05) is 44.0 Å². The average molecular weight is 1420 g/mol. The molecular formula is C41H77Br2ClN8O22P6. The molecule has 1 heterocycles. The Labute approximate surface area is 490 Å². The molecule has 0 saturated carbocycles. The van der Waals surface area contributed by atoms with Crippen LogP contribution >= 0.6 is 90.9 Å². The average Bonchev–Trinajstić information content (AvgIpc) is 3.64. The highest BCUT2D eigenvalue weighted by molar-refractivity contribution is 9.09. The van der Waals surface area contributed by atoms with Crippen LogP contribution < -0.4 is 39.5 Å². The third kappa shape index (κ3) is 53.7. The van der Waals surface area contributed by atoms with Gasteiger partial charge in [-0.05, 0) is 39.8 Å². The molecule has 3 aromatic rings. The summed E-state index contributed by atoms with van der Waals surface area (Å²) in [7, 11) is -19.4. The molecule has 30 nitrogen and oxygen atoms in total. The van der Waals surface area contributed by atoms with Crippen LogP contribution in [-0.4, -0.2) is 156 Å². The summed E-state index contributed by atoms with van der Waals surface area (Å²) in [5.74, 6) is 6.95. The molecule has 464 valence electrons. The molecule has 0 atom stereocenters. The van der Waals surface area contributed by atoms with Crippen molar-refractivity contribution in [1.82, 2.24) is 15.5 Å². The summed E-state index contributed by atoms with van der Waals surface area (Å²) in [6, 6.07) is 24.4. The number of carbonyl (C=O) groups excluding carboxylic acids is 5.